The Kier molecular flexibility index (Phi) is 4.73. The van der Waals surface area contributed by atoms with E-state index in [0.717, 1.165) is 15.8 Å². The zero-order valence-electron chi connectivity index (χ0n) is 6.90. The van der Waals surface area contributed by atoms with Gasteiger partial charge in [0, 0.05) is 15.4 Å². The van der Waals surface area contributed by atoms with Gasteiger partial charge in [-0.1, -0.05) is 31.9 Å². The Morgan fingerprint density at radius 2 is 2.15 bits per heavy atom. The van der Waals surface area contributed by atoms with Gasteiger partial charge in [0.1, 0.15) is 19.0 Å². The minimum atomic E-state index is -0.461. The van der Waals surface area contributed by atoms with Crippen LogP contribution in [0.3, 0.4) is 0 Å². The van der Waals surface area contributed by atoms with Crippen molar-refractivity contribution in [2.24, 2.45) is 0 Å². The Labute approximate surface area is 93.5 Å². The Hall–Kier alpha value is -0.0900. The molecule has 0 spiro atoms. The normalized spacial score (nSPS) is 10.1. The minimum Gasteiger partial charge on any atom is -0.491 e. The molecule has 4 heteroatoms. The first kappa shape index (κ1) is 11.0. The van der Waals surface area contributed by atoms with E-state index < -0.39 is 6.67 Å². The molecule has 72 valence electrons. The zero-order chi connectivity index (χ0) is 9.68. The second kappa shape index (κ2) is 5.60. The van der Waals surface area contributed by atoms with Crippen LogP contribution in [0.5, 0.6) is 5.75 Å². The molecular formula is C9H9Br2FO. The first-order chi connectivity index (χ1) is 6.27. The van der Waals surface area contributed by atoms with Crippen LogP contribution in [0.2, 0.25) is 0 Å². The van der Waals surface area contributed by atoms with E-state index in [2.05, 4.69) is 31.9 Å². The summed E-state index contributed by atoms with van der Waals surface area (Å²) in [6.45, 7) is -0.348. The smallest absolute Gasteiger partial charge is 0.123 e. The van der Waals surface area contributed by atoms with Crippen molar-refractivity contribution in [1.29, 1.82) is 0 Å². The van der Waals surface area contributed by atoms with Gasteiger partial charge in [-0.25, -0.2) is 4.39 Å². The van der Waals surface area contributed by atoms with E-state index in [9.17, 15) is 4.39 Å². The highest BCUT2D eigenvalue weighted by molar-refractivity contribution is 9.10. The standard InChI is InChI=1S/C9H9Br2FO/c10-6-7-5-8(11)1-2-9(7)13-4-3-12/h1-2,5H,3-4,6H2. The number of rotatable bonds is 4. The topological polar surface area (TPSA) is 9.23 Å². The van der Waals surface area contributed by atoms with Crippen LogP contribution in [0.15, 0.2) is 22.7 Å². The molecule has 1 aromatic carbocycles. The molecule has 0 aliphatic heterocycles. The number of alkyl halides is 2. The van der Waals surface area contributed by atoms with Crippen LogP contribution in [-0.2, 0) is 5.33 Å². The van der Waals surface area contributed by atoms with Gasteiger partial charge in [-0.3, -0.25) is 0 Å². The highest BCUT2D eigenvalue weighted by Crippen LogP contribution is 2.25. The Morgan fingerprint density at radius 3 is 2.77 bits per heavy atom. The summed E-state index contributed by atoms with van der Waals surface area (Å²) in [6, 6.07) is 5.65. The van der Waals surface area contributed by atoms with Crippen LogP contribution in [0.25, 0.3) is 0 Å². The second-order valence-corrected chi connectivity index (χ2v) is 3.90. The van der Waals surface area contributed by atoms with Crippen molar-refractivity contribution in [2.75, 3.05) is 13.3 Å². The van der Waals surface area contributed by atoms with Crippen molar-refractivity contribution < 1.29 is 9.13 Å². The predicted molar refractivity (Wildman–Crippen MR) is 58.2 cm³/mol. The van der Waals surface area contributed by atoms with Crippen molar-refractivity contribution in [3.8, 4) is 5.75 Å². The summed E-state index contributed by atoms with van der Waals surface area (Å²) < 4.78 is 18.0. The summed E-state index contributed by atoms with van der Waals surface area (Å²) >= 11 is 6.69. The molecule has 0 saturated carbocycles. The van der Waals surface area contributed by atoms with E-state index in [4.69, 9.17) is 4.74 Å². The summed E-state index contributed by atoms with van der Waals surface area (Å²) in [5.41, 5.74) is 1.02. The van der Waals surface area contributed by atoms with Crippen molar-refractivity contribution in [3.05, 3.63) is 28.2 Å². The van der Waals surface area contributed by atoms with Gasteiger partial charge in [-0.15, -0.1) is 0 Å². The average molecular weight is 312 g/mol. The lowest BCUT2D eigenvalue weighted by Gasteiger charge is -2.08. The molecule has 0 amide bonds. The fraction of sp³-hybridized carbons (Fsp3) is 0.333. The SMILES string of the molecule is FCCOc1ccc(Br)cc1CBr. The third-order valence-corrected chi connectivity index (χ3v) is 2.60. The molecular weight excluding hydrogens is 303 g/mol. The summed E-state index contributed by atoms with van der Waals surface area (Å²) in [5, 5.41) is 0.702. The molecule has 0 heterocycles. The maximum atomic E-state index is 11.8. The third-order valence-electron chi connectivity index (χ3n) is 1.50. The molecule has 0 fully saturated rings. The van der Waals surface area contributed by atoms with Gasteiger partial charge in [-0.2, -0.15) is 0 Å². The van der Waals surface area contributed by atoms with Crippen molar-refractivity contribution in [2.45, 2.75) is 5.33 Å². The first-order valence-electron chi connectivity index (χ1n) is 3.81. The van der Waals surface area contributed by atoms with E-state index in [1.54, 1.807) is 0 Å². The lowest BCUT2D eigenvalue weighted by molar-refractivity contribution is 0.271. The third kappa shape index (κ3) is 3.27. The fourth-order valence-corrected chi connectivity index (χ4v) is 1.79. The molecule has 0 aliphatic carbocycles. The van der Waals surface area contributed by atoms with Crippen molar-refractivity contribution in [3.63, 3.8) is 0 Å². The highest BCUT2D eigenvalue weighted by Gasteiger charge is 2.02. The number of hydrogen-bond donors (Lipinski definition) is 0. The summed E-state index contributed by atoms with van der Waals surface area (Å²) in [7, 11) is 0. The second-order valence-electron chi connectivity index (χ2n) is 2.42. The lowest BCUT2D eigenvalue weighted by atomic mass is 10.2. The molecule has 0 N–H and O–H groups in total. The van der Waals surface area contributed by atoms with E-state index in [1.165, 1.54) is 0 Å². The maximum Gasteiger partial charge on any atom is 0.123 e. The van der Waals surface area contributed by atoms with Gasteiger partial charge in [-0.05, 0) is 18.2 Å². The molecule has 0 saturated heterocycles. The molecule has 13 heavy (non-hydrogen) atoms. The van der Waals surface area contributed by atoms with Crippen LogP contribution in [-0.4, -0.2) is 13.3 Å². The van der Waals surface area contributed by atoms with E-state index in [-0.39, 0.29) is 6.61 Å². The fourth-order valence-electron chi connectivity index (χ4n) is 0.942. The molecule has 1 aromatic rings. The Bertz CT molecular complexity index is 278. The lowest BCUT2D eigenvalue weighted by Crippen LogP contribution is -2.00. The monoisotopic (exact) mass is 310 g/mol. The van der Waals surface area contributed by atoms with Crippen LogP contribution >= 0.6 is 31.9 Å². The molecule has 1 rings (SSSR count). The summed E-state index contributed by atoms with van der Waals surface area (Å²) in [6.07, 6.45) is 0. The molecule has 0 bridgehead atoms. The number of ether oxygens (including phenoxy) is 1. The Balaban J connectivity index is 2.79. The summed E-state index contributed by atoms with van der Waals surface area (Å²) in [5.74, 6) is 0.734. The largest absolute Gasteiger partial charge is 0.491 e. The van der Waals surface area contributed by atoms with Crippen LogP contribution in [0.4, 0.5) is 4.39 Å². The molecule has 0 aliphatic rings. The van der Waals surface area contributed by atoms with Crippen LogP contribution in [0.1, 0.15) is 5.56 Å². The van der Waals surface area contributed by atoms with Gasteiger partial charge in [0.05, 0.1) is 0 Å². The highest BCUT2D eigenvalue weighted by atomic mass is 79.9. The van der Waals surface area contributed by atoms with Crippen LogP contribution < -0.4 is 4.74 Å². The zero-order valence-corrected chi connectivity index (χ0v) is 10.1. The molecule has 0 atom stereocenters. The molecule has 0 radical (unpaired) electrons. The van der Waals surface area contributed by atoms with Crippen molar-refractivity contribution >= 4 is 31.9 Å². The minimum absolute atomic E-state index is 0.113. The Morgan fingerprint density at radius 1 is 1.38 bits per heavy atom. The van der Waals surface area contributed by atoms with E-state index in [1.807, 2.05) is 18.2 Å². The first-order valence-corrected chi connectivity index (χ1v) is 5.72. The van der Waals surface area contributed by atoms with Gasteiger partial charge in [0.15, 0.2) is 0 Å². The average Bonchev–Trinajstić information content (AvgIpc) is 2.16. The van der Waals surface area contributed by atoms with Gasteiger partial charge in [0.25, 0.3) is 0 Å². The number of hydrogen-bond acceptors (Lipinski definition) is 1. The molecule has 1 nitrogen and oxygen atoms in total. The predicted octanol–water partition coefficient (Wildman–Crippen LogP) is 3.69. The summed E-state index contributed by atoms with van der Waals surface area (Å²) in [4.78, 5) is 0. The molecule has 0 aromatic heterocycles. The van der Waals surface area contributed by atoms with Crippen LogP contribution in [0, 0.1) is 0 Å². The maximum absolute atomic E-state index is 11.8. The van der Waals surface area contributed by atoms with E-state index >= 15 is 0 Å². The van der Waals surface area contributed by atoms with Gasteiger partial charge >= 0.3 is 0 Å². The van der Waals surface area contributed by atoms with E-state index in [0.29, 0.717) is 5.33 Å². The number of benzene rings is 1. The molecule has 0 unspecified atom stereocenters. The quantitative estimate of drug-likeness (QED) is 0.771. The van der Waals surface area contributed by atoms with Crippen molar-refractivity contribution in [1.82, 2.24) is 0 Å². The van der Waals surface area contributed by atoms with Gasteiger partial charge in [0.2, 0.25) is 0 Å². The van der Waals surface area contributed by atoms with Gasteiger partial charge < -0.3 is 4.74 Å². The number of halogens is 3.